The van der Waals surface area contributed by atoms with Gasteiger partial charge in [0.05, 0.1) is 12.4 Å². The first-order valence-corrected chi connectivity index (χ1v) is 5.28. The summed E-state index contributed by atoms with van der Waals surface area (Å²) in [5.74, 6) is 0.698. The van der Waals surface area contributed by atoms with Crippen molar-refractivity contribution in [3.05, 3.63) is 51.5 Å². The van der Waals surface area contributed by atoms with E-state index >= 15 is 0 Å². The molecule has 0 saturated heterocycles. The molecule has 0 amide bonds. The van der Waals surface area contributed by atoms with Crippen molar-refractivity contribution in [3.8, 4) is 11.6 Å². The summed E-state index contributed by atoms with van der Waals surface area (Å²) in [6.07, 6.45) is 1.27. The van der Waals surface area contributed by atoms with Crippen molar-refractivity contribution in [2.45, 2.75) is 6.54 Å². The van der Waals surface area contributed by atoms with Crippen LogP contribution >= 0.6 is 11.6 Å². The van der Waals surface area contributed by atoms with Crippen molar-refractivity contribution in [2.24, 2.45) is 5.73 Å². The molecule has 0 spiro atoms. The fourth-order valence-electron chi connectivity index (χ4n) is 1.31. The van der Waals surface area contributed by atoms with E-state index in [0.717, 1.165) is 5.56 Å². The number of nitrogens with one attached hydrogen (secondary N) is 1. The van der Waals surface area contributed by atoms with E-state index < -0.39 is 0 Å². The lowest BCUT2D eigenvalue weighted by atomic mass is 10.2. The van der Waals surface area contributed by atoms with E-state index in [-0.39, 0.29) is 11.4 Å². The predicted molar refractivity (Wildman–Crippen MR) is 64.3 cm³/mol. The van der Waals surface area contributed by atoms with Crippen LogP contribution in [-0.4, -0.2) is 9.97 Å². The number of rotatable bonds is 3. The Kier molecular flexibility index (Phi) is 3.41. The molecule has 17 heavy (non-hydrogen) atoms. The van der Waals surface area contributed by atoms with Gasteiger partial charge in [-0.2, -0.15) is 0 Å². The fraction of sp³-hybridized carbons (Fsp3) is 0.0909. The number of hydrogen-bond donors (Lipinski definition) is 2. The quantitative estimate of drug-likeness (QED) is 0.870. The van der Waals surface area contributed by atoms with E-state index in [4.69, 9.17) is 22.1 Å². The van der Waals surface area contributed by atoms with Gasteiger partial charge in [-0.05, 0) is 12.1 Å². The molecule has 0 aliphatic rings. The topological polar surface area (TPSA) is 81.0 Å². The number of aromatic amines is 1. The van der Waals surface area contributed by atoms with Crippen molar-refractivity contribution in [2.75, 3.05) is 0 Å². The Labute approximate surface area is 102 Å². The van der Waals surface area contributed by atoms with Crippen LogP contribution in [0.4, 0.5) is 0 Å². The molecule has 5 nitrogen and oxygen atoms in total. The van der Waals surface area contributed by atoms with Crippen LogP contribution in [0, 0.1) is 0 Å². The molecule has 1 heterocycles. The Morgan fingerprint density at radius 2 is 2.24 bits per heavy atom. The maximum Gasteiger partial charge on any atom is 0.254 e. The van der Waals surface area contributed by atoms with E-state index in [2.05, 4.69) is 9.97 Å². The molecule has 6 heteroatoms. The van der Waals surface area contributed by atoms with Crippen molar-refractivity contribution in [1.82, 2.24) is 9.97 Å². The highest BCUT2D eigenvalue weighted by molar-refractivity contribution is 6.30. The third-order valence-electron chi connectivity index (χ3n) is 2.12. The number of H-pyrrole nitrogens is 1. The smallest absolute Gasteiger partial charge is 0.254 e. The van der Waals surface area contributed by atoms with Crippen molar-refractivity contribution >= 4 is 11.6 Å². The van der Waals surface area contributed by atoms with Crippen LogP contribution in [0.3, 0.4) is 0 Å². The van der Waals surface area contributed by atoms with Gasteiger partial charge in [0.15, 0.2) is 0 Å². The SMILES string of the molecule is NCc1ccc(Cl)cc1Oc1cc(=O)[nH]cn1. The molecule has 0 atom stereocenters. The molecule has 0 radical (unpaired) electrons. The van der Waals surface area contributed by atoms with Gasteiger partial charge in [0.25, 0.3) is 5.56 Å². The summed E-state index contributed by atoms with van der Waals surface area (Å²) in [5, 5.41) is 0.530. The average Bonchev–Trinajstić information content (AvgIpc) is 2.29. The zero-order valence-electron chi connectivity index (χ0n) is 8.81. The van der Waals surface area contributed by atoms with Gasteiger partial charge in [-0.1, -0.05) is 17.7 Å². The molecule has 0 aliphatic heterocycles. The number of halogens is 1. The molecule has 0 unspecified atom stereocenters. The molecule has 1 aromatic heterocycles. The summed E-state index contributed by atoms with van der Waals surface area (Å²) in [4.78, 5) is 17.4. The largest absolute Gasteiger partial charge is 0.438 e. The molecule has 0 bridgehead atoms. The van der Waals surface area contributed by atoms with Crippen molar-refractivity contribution < 1.29 is 4.74 Å². The minimum atomic E-state index is -0.286. The summed E-state index contributed by atoms with van der Waals surface area (Å²) in [7, 11) is 0. The standard InChI is InChI=1S/C11H10ClN3O2/c12-8-2-1-7(5-13)9(3-8)17-11-4-10(16)14-6-15-11/h1-4,6H,5,13H2,(H,14,15,16). The lowest BCUT2D eigenvalue weighted by Gasteiger charge is -2.08. The average molecular weight is 252 g/mol. The van der Waals surface area contributed by atoms with Gasteiger partial charge in [-0.3, -0.25) is 4.79 Å². The Bertz CT molecular complexity index is 583. The Balaban J connectivity index is 2.35. The summed E-state index contributed by atoms with van der Waals surface area (Å²) < 4.78 is 5.47. The van der Waals surface area contributed by atoms with E-state index in [1.54, 1.807) is 18.2 Å². The molecular formula is C11H10ClN3O2. The maximum atomic E-state index is 11.1. The molecule has 1 aromatic carbocycles. The van der Waals surface area contributed by atoms with Gasteiger partial charge >= 0.3 is 0 Å². The van der Waals surface area contributed by atoms with Crippen LogP contribution in [-0.2, 0) is 6.54 Å². The van der Waals surface area contributed by atoms with Crippen LogP contribution < -0.4 is 16.0 Å². The van der Waals surface area contributed by atoms with Gasteiger partial charge < -0.3 is 15.5 Å². The van der Waals surface area contributed by atoms with Gasteiger partial charge in [0, 0.05) is 17.1 Å². The molecule has 2 rings (SSSR count). The first-order valence-electron chi connectivity index (χ1n) is 4.90. The van der Waals surface area contributed by atoms with Crippen LogP contribution in [0.2, 0.25) is 5.02 Å². The predicted octanol–water partition coefficient (Wildman–Crippen LogP) is 1.67. The highest BCUT2D eigenvalue weighted by Crippen LogP contribution is 2.26. The normalized spacial score (nSPS) is 10.2. The summed E-state index contributed by atoms with van der Waals surface area (Å²) in [6, 6.07) is 6.38. The molecule has 0 aliphatic carbocycles. The second-order valence-electron chi connectivity index (χ2n) is 3.31. The number of ether oxygens (including phenoxy) is 1. The minimum Gasteiger partial charge on any atom is -0.438 e. The summed E-state index contributed by atoms with van der Waals surface area (Å²) in [5.41, 5.74) is 6.08. The third-order valence-corrected chi connectivity index (χ3v) is 2.35. The Morgan fingerprint density at radius 3 is 2.94 bits per heavy atom. The molecule has 0 fully saturated rings. The number of benzene rings is 1. The van der Waals surface area contributed by atoms with Crippen LogP contribution in [0.15, 0.2) is 35.4 Å². The van der Waals surface area contributed by atoms with E-state index in [1.807, 2.05) is 0 Å². The number of hydrogen-bond acceptors (Lipinski definition) is 4. The van der Waals surface area contributed by atoms with Gasteiger partial charge in [0.1, 0.15) is 5.75 Å². The van der Waals surface area contributed by atoms with Crippen LogP contribution in [0.25, 0.3) is 0 Å². The lowest BCUT2D eigenvalue weighted by molar-refractivity contribution is 0.455. The maximum absolute atomic E-state index is 11.1. The number of nitrogens with two attached hydrogens (primary N) is 1. The lowest BCUT2D eigenvalue weighted by Crippen LogP contribution is -2.05. The Hall–Kier alpha value is -1.85. The molecule has 2 aromatic rings. The van der Waals surface area contributed by atoms with E-state index in [0.29, 0.717) is 17.3 Å². The molecular weight excluding hydrogens is 242 g/mol. The van der Waals surface area contributed by atoms with Gasteiger partial charge in [-0.15, -0.1) is 0 Å². The molecule has 88 valence electrons. The highest BCUT2D eigenvalue weighted by atomic mass is 35.5. The Morgan fingerprint density at radius 1 is 1.41 bits per heavy atom. The fourth-order valence-corrected chi connectivity index (χ4v) is 1.47. The summed E-state index contributed by atoms with van der Waals surface area (Å²) in [6.45, 7) is 0.315. The molecule has 0 saturated carbocycles. The molecule has 3 N–H and O–H groups in total. The monoisotopic (exact) mass is 251 g/mol. The van der Waals surface area contributed by atoms with Crippen molar-refractivity contribution in [3.63, 3.8) is 0 Å². The van der Waals surface area contributed by atoms with Crippen LogP contribution in [0.5, 0.6) is 11.6 Å². The summed E-state index contributed by atoms with van der Waals surface area (Å²) >= 11 is 5.86. The second kappa shape index (κ2) is 4.99. The zero-order chi connectivity index (χ0) is 12.3. The second-order valence-corrected chi connectivity index (χ2v) is 3.74. The van der Waals surface area contributed by atoms with Crippen LogP contribution in [0.1, 0.15) is 5.56 Å². The van der Waals surface area contributed by atoms with Gasteiger partial charge in [-0.25, -0.2) is 4.98 Å². The van der Waals surface area contributed by atoms with Crippen molar-refractivity contribution in [1.29, 1.82) is 0 Å². The van der Waals surface area contributed by atoms with E-state index in [1.165, 1.54) is 12.4 Å². The minimum absolute atomic E-state index is 0.200. The highest BCUT2D eigenvalue weighted by Gasteiger charge is 2.06. The number of nitrogens with zero attached hydrogens (tertiary/aromatic N) is 1. The zero-order valence-corrected chi connectivity index (χ0v) is 9.57. The first-order chi connectivity index (χ1) is 8.19. The number of aromatic nitrogens is 2. The van der Waals surface area contributed by atoms with Gasteiger partial charge in [0.2, 0.25) is 5.88 Å². The van der Waals surface area contributed by atoms with E-state index in [9.17, 15) is 4.79 Å². The third kappa shape index (κ3) is 2.83. The first kappa shape index (κ1) is 11.6.